The largest absolute Gasteiger partial charge is 0.494 e. The third-order valence-electron chi connectivity index (χ3n) is 4.83. The standard InChI is InChI=1S/C21H29N3O2S/c1-2-13-26-19-8-5-17(6-9-19)7-10-20(25)23-15-18-4-3-12-24(16-18)21-22-11-14-27-21/h5-6,8-9,11,14,18H,2-4,7,10,12-13,15-16H2,1H3,(H,23,25). The molecule has 0 spiro atoms. The molecular formula is C21H29N3O2S. The van der Waals surface area contributed by atoms with E-state index in [1.165, 1.54) is 12.0 Å². The Bertz CT molecular complexity index is 688. The molecule has 0 aliphatic carbocycles. The van der Waals surface area contributed by atoms with Crippen molar-refractivity contribution in [1.29, 1.82) is 0 Å². The zero-order chi connectivity index (χ0) is 18.9. The summed E-state index contributed by atoms with van der Waals surface area (Å²) in [5.74, 6) is 1.53. The van der Waals surface area contributed by atoms with E-state index >= 15 is 0 Å². The Balaban J connectivity index is 1.37. The first kappa shape index (κ1) is 19.7. The van der Waals surface area contributed by atoms with Gasteiger partial charge in [0.1, 0.15) is 5.75 Å². The lowest BCUT2D eigenvalue weighted by Gasteiger charge is -2.32. The summed E-state index contributed by atoms with van der Waals surface area (Å²) in [6.07, 6.45) is 6.47. The molecule has 1 atom stereocenters. The number of carbonyl (C=O) groups is 1. The highest BCUT2D eigenvalue weighted by Gasteiger charge is 2.21. The lowest BCUT2D eigenvalue weighted by atomic mass is 9.98. The molecule has 0 radical (unpaired) electrons. The predicted molar refractivity (Wildman–Crippen MR) is 111 cm³/mol. The van der Waals surface area contributed by atoms with Crippen LogP contribution >= 0.6 is 11.3 Å². The number of ether oxygens (including phenoxy) is 1. The summed E-state index contributed by atoms with van der Waals surface area (Å²) >= 11 is 1.69. The van der Waals surface area contributed by atoms with Gasteiger partial charge in [-0.3, -0.25) is 4.79 Å². The van der Waals surface area contributed by atoms with Crippen LogP contribution in [-0.2, 0) is 11.2 Å². The smallest absolute Gasteiger partial charge is 0.220 e. The second-order valence-corrected chi connectivity index (χ2v) is 7.94. The zero-order valence-corrected chi connectivity index (χ0v) is 16.8. The highest BCUT2D eigenvalue weighted by atomic mass is 32.1. The summed E-state index contributed by atoms with van der Waals surface area (Å²) in [5, 5.41) is 6.23. The number of carbonyl (C=O) groups excluding carboxylic acids is 1. The minimum absolute atomic E-state index is 0.132. The predicted octanol–water partition coefficient (Wildman–Crippen LogP) is 3.90. The van der Waals surface area contributed by atoms with Crippen molar-refractivity contribution in [2.75, 3.05) is 31.1 Å². The van der Waals surface area contributed by atoms with Crippen molar-refractivity contribution >= 4 is 22.4 Å². The third kappa shape index (κ3) is 6.24. The number of amides is 1. The molecule has 1 aromatic heterocycles. The quantitative estimate of drug-likeness (QED) is 0.709. The van der Waals surface area contributed by atoms with Crippen LogP contribution in [0.15, 0.2) is 35.8 Å². The number of aromatic nitrogens is 1. The molecule has 6 heteroatoms. The van der Waals surface area contributed by atoms with Gasteiger partial charge < -0.3 is 15.0 Å². The van der Waals surface area contributed by atoms with Gasteiger partial charge in [0.2, 0.25) is 5.91 Å². The van der Waals surface area contributed by atoms with Gasteiger partial charge in [-0.2, -0.15) is 0 Å². The molecular weight excluding hydrogens is 358 g/mol. The van der Waals surface area contributed by atoms with Gasteiger partial charge in [-0.05, 0) is 49.3 Å². The lowest BCUT2D eigenvalue weighted by Crippen LogP contribution is -2.41. The van der Waals surface area contributed by atoms with Crippen molar-refractivity contribution in [3.63, 3.8) is 0 Å². The molecule has 1 unspecified atom stereocenters. The molecule has 2 aromatic rings. The molecule has 1 saturated heterocycles. The minimum atomic E-state index is 0.132. The van der Waals surface area contributed by atoms with E-state index in [2.05, 4.69) is 22.1 Å². The van der Waals surface area contributed by atoms with Crippen LogP contribution in [0, 0.1) is 5.92 Å². The van der Waals surface area contributed by atoms with Crippen molar-refractivity contribution in [1.82, 2.24) is 10.3 Å². The van der Waals surface area contributed by atoms with Crippen LogP contribution in [0.3, 0.4) is 0 Å². The van der Waals surface area contributed by atoms with E-state index in [0.717, 1.165) is 56.4 Å². The number of anilines is 1. The summed E-state index contributed by atoms with van der Waals surface area (Å²) in [4.78, 5) is 19.0. The Hall–Kier alpha value is -2.08. The van der Waals surface area contributed by atoms with Crippen LogP contribution in [0.25, 0.3) is 0 Å². The average Bonchev–Trinajstić information content (AvgIpc) is 3.25. The fourth-order valence-electron chi connectivity index (χ4n) is 3.35. The first-order chi connectivity index (χ1) is 13.2. The van der Waals surface area contributed by atoms with Crippen molar-refractivity contribution in [3.05, 3.63) is 41.4 Å². The average molecular weight is 388 g/mol. The number of rotatable bonds is 9. The maximum atomic E-state index is 12.2. The fourth-order valence-corrected chi connectivity index (χ4v) is 4.03. The number of nitrogens with zero attached hydrogens (tertiary/aromatic N) is 2. The van der Waals surface area contributed by atoms with Crippen molar-refractivity contribution in [2.24, 2.45) is 5.92 Å². The Morgan fingerprint density at radius 2 is 2.22 bits per heavy atom. The van der Waals surface area contributed by atoms with E-state index in [9.17, 15) is 4.79 Å². The first-order valence-electron chi connectivity index (χ1n) is 9.87. The fraction of sp³-hybridized carbons (Fsp3) is 0.524. The van der Waals surface area contributed by atoms with Crippen molar-refractivity contribution in [3.8, 4) is 5.75 Å². The SMILES string of the molecule is CCCOc1ccc(CCC(=O)NCC2CCCN(c3nccs3)C2)cc1. The van der Waals surface area contributed by atoms with E-state index in [1.807, 2.05) is 35.8 Å². The molecule has 146 valence electrons. The molecule has 1 aliphatic rings. The third-order valence-corrected chi connectivity index (χ3v) is 5.67. The van der Waals surface area contributed by atoms with Gasteiger partial charge in [0.25, 0.3) is 0 Å². The Labute approximate surface area is 165 Å². The normalized spacial score (nSPS) is 16.9. The highest BCUT2D eigenvalue weighted by molar-refractivity contribution is 7.13. The van der Waals surface area contributed by atoms with Gasteiger partial charge in [0.05, 0.1) is 6.61 Å². The monoisotopic (exact) mass is 387 g/mol. The zero-order valence-electron chi connectivity index (χ0n) is 16.0. The first-order valence-corrected chi connectivity index (χ1v) is 10.8. The Kier molecular flexibility index (Phi) is 7.51. The number of thiazole rings is 1. The van der Waals surface area contributed by atoms with Gasteiger partial charge in [0, 0.05) is 37.6 Å². The Morgan fingerprint density at radius 3 is 2.96 bits per heavy atom. The van der Waals surface area contributed by atoms with Gasteiger partial charge in [-0.1, -0.05) is 19.1 Å². The molecule has 3 rings (SSSR count). The number of nitrogens with one attached hydrogen (secondary N) is 1. The molecule has 5 nitrogen and oxygen atoms in total. The number of hydrogen-bond donors (Lipinski definition) is 1. The van der Waals surface area contributed by atoms with Crippen LogP contribution in [0.1, 0.15) is 38.2 Å². The van der Waals surface area contributed by atoms with Crippen LogP contribution in [0.4, 0.5) is 5.13 Å². The molecule has 27 heavy (non-hydrogen) atoms. The molecule has 1 aliphatic heterocycles. The molecule has 1 N–H and O–H groups in total. The summed E-state index contributed by atoms with van der Waals surface area (Å²) in [7, 11) is 0. The molecule has 0 bridgehead atoms. The van der Waals surface area contributed by atoms with E-state index < -0.39 is 0 Å². The second kappa shape index (κ2) is 10.3. The minimum Gasteiger partial charge on any atom is -0.494 e. The van der Waals surface area contributed by atoms with Crippen molar-refractivity contribution in [2.45, 2.75) is 39.0 Å². The number of piperidine rings is 1. The van der Waals surface area contributed by atoms with Gasteiger partial charge in [-0.25, -0.2) is 4.98 Å². The second-order valence-electron chi connectivity index (χ2n) is 7.07. The summed E-state index contributed by atoms with van der Waals surface area (Å²) in [6.45, 7) is 5.63. The summed E-state index contributed by atoms with van der Waals surface area (Å²) in [6, 6.07) is 8.06. The number of benzene rings is 1. The topological polar surface area (TPSA) is 54.5 Å². The Morgan fingerprint density at radius 1 is 1.37 bits per heavy atom. The molecule has 2 heterocycles. The number of hydrogen-bond acceptors (Lipinski definition) is 5. The van der Waals surface area contributed by atoms with Crippen LogP contribution in [0.2, 0.25) is 0 Å². The molecule has 1 amide bonds. The van der Waals surface area contributed by atoms with Crippen LogP contribution < -0.4 is 15.0 Å². The van der Waals surface area contributed by atoms with E-state index in [-0.39, 0.29) is 5.91 Å². The van der Waals surface area contributed by atoms with E-state index in [0.29, 0.717) is 12.3 Å². The summed E-state index contributed by atoms with van der Waals surface area (Å²) in [5.41, 5.74) is 1.17. The van der Waals surface area contributed by atoms with Crippen LogP contribution in [0.5, 0.6) is 5.75 Å². The maximum Gasteiger partial charge on any atom is 0.220 e. The van der Waals surface area contributed by atoms with Crippen LogP contribution in [-0.4, -0.2) is 37.1 Å². The van der Waals surface area contributed by atoms with E-state index in [1.54, 1.807) is 11.3 Å². The molecule has 1 fully saturated rings. The van der Waals surface area contributed by atoms with Gasteiger partial charge in [-0.15, -0.1) is 11.3 Å². The highest BCUT2D eigenvalue weighted by Crippen LogP contribution is 2.24. The molecule has 0 saturated carbocycles. The van der Waals surface area contributed by atoms with Gasteiger partial charge >= 0.3 is 0 Å². The van der Waals surface area contributed by atoms with E-state index in [4.69, 9.17) is 4.74 Å². The lowest BCUT2D eigenvalue weighted by molar-refractivity contribution is -0.121. The van der Waals surface area contributed by atoms with Crippen molar-refractivity contribution < 1.29 is 9.53 Å². The maximum absolute atomic E-state index is 12.2. The van der Waals surface area contributed by atoms with Gasteiger partial charge in [0.15, 0.2) is 5.13 Å². The number of aryl methyl sites for hydroxylation is 1. The molecule has 1 aromatic carbocycles. The summed E-state index contributed by atoms with van der Waals surface area (Å²) < 4.78 is 5.59.